The quantitative estimate of drug-likeness (QED) is 0.637. The first-order valence-corrected chi connectivity index (χ1v) is 9.14. The Morgan fingerprint density at radius 1 is 1.23 bits per heavy atom. The second kappa shape index (κ2) is 8.31. The number of carbonyl (C=O) groups excluding carboxylic acids is 1. The van der Waals surface area contributed by atoms with Crippen LogP contribution in [0.1, 0.15) is 37.0 Å². The van der Waals surface area contributed by atoms with Crippen LogP contribution in [0.3, 0.4) is 0 Å². The van der Waals surface area contributed by atoms with Crippen LogP contribution in [0.4, 0.5) is 4.39 Å². The molecule has 0 unspecified atom stereocenters. The van der Waals surface area contributed by atoms with Crippen LogP contribution in [0.25, 0.3) is 0 Å². The van der Waals surface area contributed by atoms with E-state index in [0.29, 0.717) is 6.29 Å². The molecule has 2 aromatic heterocycles. The van der Waals surface area contributed by atoms with Crippen molar-refractivity contribution in [2.75, 3.05) is 13.2 Å². The molecule has 0 aromatic carbocycles. The number of carbonyl (C=O) groups is 1. The molecule has 0 saturated carbocycles. The lowest BCUT2D eigenvalue weighted by Gasteiger charge is -2.22. The fourth-order valence-corrected chi connectivity index (χ4v) is 4.43. The van der Waals surface area contributed by atoms with Gasteiger partial charge in [-0.25, -0.2) is 4.39 Å². The third-order valence-corrected chi connectivity index (χ3v) is 5.76. The molecule has 0 atom stereocenters. The first-order chi connectivity index (χ1) is 10.5. The predicted molar refractivity (Wildman–Crippen MR) is 90.4 cm³/mol. The van der Waals surface area contributed by atoms with Gasteiger partial charge in [0, 0.05) is 14.2 Å². The van der Waals surface area contributed by atoms with Gasteiger partial charge in [0.05, 0.1) is 18.1 Å². The van der Waals surface area contributed by atoms with Crippen LogP contribution < -0.4 is 0 Å². The molecule has 0 spiro atoms. The molecular formula is C15H16BrFO3S2. The first-order valence-electron chi connectivity index (χ1n) is 6.71. The summed E-state index contributed by atoms with van der Waals surface area (Å²) in [5.41, 5.74) is 0. The van der Waals surface area contributed by atoms with Crippen LogP contribution in [0.2, 0.25) is 0 Å². The van der Waals surface area contributed by atoms with Crippen molar-refractivity contribution in [2.24, 2.45) is 0 Å². The summed E-state index contributed by atoms with van der Waals surface area (Å²) in [6.07, 6.45) is 1.38. The van der Waals surface area contributed by atoms with E-state index in [-0.39, 0.29) is 11.2 Å². The van der Waals surface area contributed by atoms with Gasteiger partial charge in [-0.05, 0) is 48.3 Å². The number of hydrogen-bond donors (Lipinski definition) is 0. The Morgan fingerprint density at radius 2 is 1.86 bits per heavy atom. The summed E-state index contributed by atoms with van der Waals surface area (Å²) in [7, 11) is 0. The summed E-state index contributed by atoms with van der Waals surface area (Å²) in [6, 6.07) is 3.45. The van der Waals surface area contributed by atoms with Gasteiger partial charge in [0.2, 0.25) is 0 Å². The van der Waals surface area contributed by atoms with E-state index in [1.165, 1.54) is 22.3 Å². The molecule has 3 nitrogen and oxygen atoms in total. The molecule has 3 rings (SSSR count). The third-order valence-electron chi connectivity index (χ3n) is 2.82. The van der Waals surface area contributed by atoms with Gasteiger partial charge in [0.25, 0.3) is 0 Å². The van der Waals surface area contributed by atoms with Gasteiger partial charge in [-0.15, -0.1) is 22.7 Å². The normalized spacial score (nSPS) is 15.3. The Balaban J connectivity index is 0.000000172. The number of halogens is 2. The smallest absolute Gasteiger partial charge is 0.194 e. The lowest BCUT2D eigenvalue weighted by molar-refractivity contribution is -0.181. The minimum Gasteiger partial charge on any atom is -0.348 e. The fraction of sp³-hybridized carbons (Fsp3) is 0.400. The number of ether oxygens (including phenoxy) is 2. The Morgan fingerprint density at radius 3 is 2.27 bits per heavy atom. The van der Waals surface area contributed by atoms with E-state index in [1.54, 1.807) is 18.3 Å². The fourth-order valence-electron chi connectivity index (χ4n) is 1.88. The van der Waals surface area contributed by atoms with Gasteiger partial charge < -0.3 is 9.47 Å². The predicted octanol–water partition coefficient (Wildman–Crippen LogP) is 5.26. The largest absolute Gasteiger partial charge is 0.348 e. The van der Waals surface area contributed by atoms with E-state index >= 15 is 0 Å². The van der Waals surface area contributed by atoms with Crippen molar-refractivity contribution < 1.29 is 18.7 Å². The Bertz CT molecular complexity index is 633. The average Bonchev–Trinajstić information content (AvgIpc) is 3.01. The summed E-state index contributed by atoms with van der Waals surface area (Å²) in [5.74, 6) is -0.410. The molecule has 7 heteroatoms. The molecule has 0 amide bonds. The van der Waals surface area contributed by atoms with Gasteiger partial charge in [0.1, 0.15) is 10.7 Å². The van der Waals surface area contributed by atoms with Crippen LogP contribution in [-0.2, 0) is 9.47 Å². The summed E-state index contributed by atoms with van der Waals surface area (Å²) in [5, 5.41) is 0. The van der Waals surface area contributed by atoms with E-state index in [0.717, 1.165) is 33.9 Å². The highest BCUT2D eigenvalue weighted by Gasteiger charge is 2.20. The number of thiophene rings is 2. The number of rotatable bonds is 2. The van der Waals surface area contributed by atoms with E-state index in [2.05, 4.69) is 28.9 Å². The van der Waals surface area contributed by atoms with Crippen LogP contribution in [-0.4, -0.2) is 19.5 Å². The van der Waals surface area contributed by atoms with E-state index in [4.69, 9.17) is 9.47 Å². The second-order valence-corrected chi connectivity index (χ2v) is 8.11. The molecule has 1 saturated heterocycles. The van der Waals surface area contributed by atoms with E-state index in [9.17, 15) is 9.18 Å². The summed E-state index contributed by atoms with van der Waals surface area (Å²) >= 11 is 6.40. The highest BCUT2D eigenvalue weighted by Crippen LogP contribution is 2.35. The monoisotopic (exact) mass is 406 g/mol. The second-order valence-electron chi connectivity index (χ2n) is 4.68. The third kappa shape index (κ3) is 4.70. The van der Waals surface area contributed by atoms with Crippen LogP contribution in [0.5, 0.6) is 0 Å². The van der Waals surface area contributed by atoms with Crippen molar-refractivity contribution in [1.29, 1.82) is 0 Å². The van der Waals surface area contributed by atoms with E-state index in [1.807, 2.05) is 0 Å². The topological polar surface area (TPSA) is 35.5 Å². The van der Waals surface area contributed by atoms with Crippen molar-refractivity contribution in [3.63, 3.8) is 0 Å². The van der Waals surface area contributed by atoms with Crippen LogP contribution >= 0.6 is 38.6 Å². The van der Waals surface area contributed by atoms with Gasteiger partial charge >= 0.3 is 0 Å². The van der Waals surface area contributed by atoms with Crippen molar-refractivity contribution in [3.05, 3.63) is 41.9 Å². The molecule has 0 N–H and O–H groups in total. The molecule has 2 aromatic rings. The molecule has 22 heavy (non-hydrogen) atoms. The Kier molecular flexibility index (Phi) is 6.70. The van der Waals surface area contributed by atoms with Gasteiger partial charge in [-0.3, -0.25) is 4.79 Å². The average molecular weight is 407 g/mol. The zero-order valence-electron chi connectivity index (χ0n) is 12.2. The standard InChI is InChI=1S/C9H11BrO2S.C6H5FOS/c1-6-5-7(10)8(13-6)9-11-3-2-4-12-9;1-4-2-5(7)6(3-8)9-4/h5,9H,2-4H2,1H3;2-3H,1H3. The summed E-state index contributed by atoms with van der Waals surface area (Å²) < 4.78 is 24.5. The highest BCUT2D eigenvalue weighted by atomic mass is 79.9. The summed E-state index contributed by atoms with van der Waals surface area (Å²) in [6.45, 7) is 5.45. The van der Waals surface area contributed by atoms with Gasteiger partial charge in [0.15, 0.2) is 12.6 Å². The lowest BCUT2D eigenvalue weighted by atomic mass is 10.4. The molecule has 1 aliphatic heterocycles. The number of aryl methyl sites for hydroxylation is 2. The van der Waals surface area contributed by atoms with Crippen molar-refractivity contribution in [1.82, 2.24) is 0 Å². The Labute approximate surface area is 145 Å². The molecule has 0 aliphatic carbocycles. The van der Waals surface area contributed by atoms with Gasteiger partial charge in [-0.1, -0.05) is 0 Å². The van der Waals surface area contributed by atoms with Crippen LogP contribution in [0.15, 0.2) is 16.6 Å². The molecule has 1 aliphatic rings. The van der Waals surface area contributed by atoms with Crippen molar-refractivity contribution in [2.45, 2.75) is 26.6 Å². The van der Waals surface area contributed by atoms with Crippen molar-refractivity contribution in [3.8, 4) is 0 Å². The first kappa shape index (κ1) is 17.7. The molecule has 0 radical (unpaired) electrons. The maximum atomic E-state index is 12.4. The maximum Gasteiger partial charge on any atom is 0.194 e. The minimum absolute atomic E-state index is 0.151. The van der Waals surface area contributed by atoms with E-state index < -0.39 is 5.82 Å². The molecule has 3 heterocycles. The Hall–Kier alpha value is -0.600. The zero-order valence-corrected chi connectivity index (χ0v) is 15.4. The SMILES string of the molecule is Cc1cc(Br)c(C2OCCCO2)s1.Cc1cc(F)c(C=O)s1. The van der Waals surface area contributed by atoms with Crippen LogP contribution in [0, 0.1) is 19.7 Å². The highest BCUT2D eigenvalue weighted by molar-refractivity contribution is 9.10. The minimum atomic E-state index is -0.410. The zero-order chi connectivity index (χ0) is 16.1. The molecule has 1 fully saturated rings. The maximum absolute atomic E-state index is 12.4. The summed E-state index contributed by atoms with van der Waals surface area (Å²) in [4.78, 5) is 13.5. The number of aldehydes is 1. The van der Waals surface area contributed by atoms with Crippen molar-refractivity contribution >= 4 is 44.9 Å². The van der Waals surface area contributed by atoms with Gasteiger partial charge in [-0.2, -0.15) is 0 Å². The molecule has 120 valence electrons. The lowest BCUT2D eigenvalue weighted by Crippen LogP contribution is -2.16. The molecular weight excluding hydrogens is 391 g/mol. The molecule has 0 bridgehead atoms. The number of hydrogen-bond acceptors (Lipinski definition) is 5.